The van der Waals surface area contributed by atoms with Crippen molar-refractivity contribution in [3.8, 4) is 0 Å². The molecule has 0 atom stereocenters. The summed E-state index contributed by atoms with van der Waals surface area (Å²) < 4.78 is 0. The molecule has 0 unspecified atom stereocenters. The predicted molar refractivity (Wildman–Crippen MR) is 67.9 cm³/mol. The highest BCUT2D eigenvalue weighted by Crippen LogP contribution is 2.25. The van der Waals surface area contributed by atoms with E-state index in [9.17, 15) is 4.79 Å². The van der Waals surface area contributed by atoms with Crippen LogP contribution in [0.3, 0.4) is 0 Å². The molecule has 0 bridgehead atoms. The summed E-state index contributed by atoms with van der Waals surface area (Å²) >= 11 is 0. The molecular formula is C14H15NO. The Bertz CT molecular complexity index is 514. The van der Waals surface area contributed by atoms with Gasteiger partial charge in [-0.25, -0.2) is 0 Å². The molecule has 0 aliphatic carbocycles. The lowest BCUT2D eigenvalue weighted by Gasteiger charge is -2.19. The average Bonchev–Trinajstić information content (AvgIpc) is 2.27. The fourth-order valence-corrected chi connectivity index (χ4v) is 1.96. The van der Waals surface area contributed by atoms with Crippen molar-refractivity contribution >= 4 is 22.2 Å². The lowest BCUT2D eigenvalue weighted by atomic mass is 10.1. The molecule has 0 aliphatic heterocycles. The number of likely N-dealkylation sites (N-methyl/N-ethyl adjacent to an activating group) is 1. The summed E-state index contributed by atoms with van der Waals surface area (Å²) in [5.74, 6) is 0.176. The molecule has 0 aliphatic rings. The molecule has 2 nitrogen and oxygen atoms in total. The van der Waals surface area contributed by atoms with Crippen LogP contribution in [0.2, 0.25) is 0 Å². The molecule has 0 amide bonds. The minimum Gasteiger partial charge on any atom is -0.367 e. The quantitative estimate of drug-likeness (QED) is 0.781. The second-order valence-corrected chi connectivity index (χ2v) is 4.06. The van der Waals surface area contributed by atoms with Crippen molar-refractivity contribution in [2.45, 2.75) is 6.92 Å². The Morgan fingerprint density at radius 3 is 2.56 bits per heavy atom. The monoisotopic (exact) mass is 213 g/mol. The van der Waals surface area contributed by atoms with E-state index < -0.39 is 0 Å². The van der Waals surface area contributed by atoms with E-state index in [4.69, 9.17) is 0 Å². The van der Waals surface area contributed by atoms with E-state index >= 15 is 0 Å². The summed E-state index contributed by atoms with van der Waals surface area (Å²) in [6, 6.07) is 14.4. The van der Waals surface area contributed by atoms with Crippen molar-refractivity contribution in [1.29, 1.82) is 0 Å². The molecule has 2 rings (SSSR count). The predicted octanol–water partition coefficient (Wildman–Crippen LogP) is 2.87. The van der Waals surface area contributed by atoms with Crippen molar-refractivity contribution in [2.24, 2.45) is 0 Å². The molecule has 2 aromatic rings. The number of benzene rings is 2. The van der Waals surface area contributed by atoms with E-state index in [1.807, 2.05) is 36.2 Å². The molecule has 0 heterocycles. The Hall–Kier alpha value is -1.83. The number of hydrogen-bond acceptors (Lipinski definition) is 2. The van der Waals surface area contributed by atoms with Gasteiger partial charge in [-0.3, -0.25) is 4.79 Å². The van der Waals surface area contributed by atoms with Gasteiger partial charge in [-0.1, -0.05) is 36.4 Å². The first kappa shape index (κ1) is 10.7. The number of ketones is 1. The maximum absolute atomic E-state index is 11.1. The Morgan fingerprint density at radius 2 is 1.81 bits per heavy atom. The topological polar surface area (TPSA) is 20.3 Å². The van der Waals surface area contributed by atoms with Crippen LogP contribution in [0.1, 0.15) is 6.92 Å². The third kappa shape index (κ3) is 2.06. The minimum atomic E-state index is 0.176. The molecule has 0 N–H and O–H groups in total. The fraction of sp³-hybridized carbons (Fsp3) is 0.214. The minimum absolute atomic E-state index is 0.176. The van der Waals surface area contributed by atoms with Gasteiger partial charge in [0.15, 0.2) is 0 Å². The van der Waals surface area contributed by atoms with Crippen LogP contribution < -0.4 is 4.90 Å². The lowest BCUT2D eigenvalue weighted by molar-refractivity contribution is -0.115. The van der Waals surface area contributed by atoms with Crippen LogP contribution in [0.15, 0.2) is 42.5 Å². The molecule has 2 heteroatoms. The van der Waals surface area contributed by atoms with Gasteiger partial charge in [0.05, 0.1) is 6.54 Å². The number of rotatable bonds is 3. The van der Waals surface area contributed by atoms with E-state index in [0.717, 1.165) is 5.69 Å². The Labute approximate surface area is 95.5 Å². The van der Waals surface area contributed by atoms with Crippen molar-refractivity contribution in [3.63, 3.8) is 0 Å². The summed E-state index contributed by atoms with van der Waals surface area (Å²) in [5, 5.41) is 2.39. The normalized spacial score (nSPS) is 10.4. The lowest BCUT2D eigenvalue weighted by Crippen LogP contribution is -2.23. The summed E-state index contributed by atoms with van der Waals surface area (Å²) in [7, 11) is 1.95. The highest BCUT2D eigenvalue weighted by atomic mass is 16.1. The zero-order valence-corrected chi connectivity index (χ0v) is 9.60. The standard InChI is InChI=1S/C14H15NO/c1-11(16)10-15(2)14-9-5-7-12-6-3-4-8-13(12)14/h3-9H,10H2,1-2H3. The number of nitrogens with zero attached hydrogens (tertiary/aromatic N) is 1. The molecule has 0 fully saturated rings. The van der Waals surface area contributed by atoms with Gasteiger partial charge < -0.3 is 4.90 Å². The summed E-state index contributed by atoms with van der Waals surface area (Å²) in [6.45, 7) is 2.07. The van der Waals surface area contributed by atoms with Crippen molar-refractivity contribution in [3.05, 3.63) is 42.5 Å². The van der Waals surface area contributed by atoms with Crippen molar-refractivity contribution in [1.82, 2.24) is 0 Å². The first-order chi connectivity index (χ1) is 7.68. The van der Waals surface area contributed by atoms with E-state index in [0.29, 0.717) is 6.54 Å². The Kier molecular flexibility index (Phi) is 2.91. The highest BCUT2D eigenvalue weighted by molar-refractivity contribution is 5.95. The fourth-order valence-electron chi connectivity index (χ4n) is 1.96. The SMILES string of the molecule is CC(=O)CN(C)c1cccc2ccccc12. The number of carbonyl (C=O) groups is 1. The van der Waals surface area contributed by atoms with Crippen LogP contribution in [0.4, 0.5) is 5.69 Å². The Morgan fingerprint density at radius 1 is 1.12 bits per heavy atom. The second kappa shape index (κ2) is 4.35. The van der Waals surface area contributed by atoms with Crippen LogP contribution in [0.25, 0.3) is 10.8 Å². The highest BCUT2D eigenvalue weighted by Gasteiger charge is 2.06. The molecule has 16 heavy (non-hydrogen) atoms. The smallest absolute Gasteiger partial charge is 0.149 e. The van der Waals surface area contributed by atoms with Crippen LogP contribution in [-0.2, 0) is 4.79 Å². The Balaban J connectivity index is 2.47. The maximum Gasteiger partial charge on any atom is 0.149 e. The van der Waals surface area contributed by atoms with Crippen LogP contribution in [0.5, 0.6) is 0 Å². The maximum atomic E-state index is 11.1. The van der Waals surface area contributed by atoms with Crippen molar-refractivity contribution in [2.75, 3.05) is 18.5 Å². The van der Waals surface area contributed by atoms with Gasteiger partial charge in [0.25, 0.3) is 0 Å². The van der Waals surface area contributed by atoms with Gasteiger partial charge in [0.1, 0.15) is 5.78 Å². The molecule has 0 aromatic heterocycles. The molecule has 82 valence electrons. The van der Waals surface area contributed by atoms with Crippen LogP contribution in [-0.4, -0.2) is 19.4 Å². The number of carbonyl (C=O) groups excluding carboxylic acids is 1. The summed E-state index contributed by atoms with van der Waals surface area (Å²) in [6.07, 6.45) is 0. The average molecular weight is 213 g/mol. The number of hydrogen-bond donors (Lipinski definition) is 0. The van der Waals surface area contributed by atoms with E-state index in [1.165, 1.54) is 10.8 Å². The van der Waals surface area contributed by atoms with E-state index in [-0.39, 0.29) is 5.78 Å². The van der Waals surface area contributed by atoms with Crippen molar-refractivity contribution < 1.29 is 4.79 Å². The largest absolute Gasteiger partial charge is 0.367 e. The summed E-state index contributed by atoms with van der Waals surface area (Å²) in [5.41, 5.74) is 1.10. The van der Waals surface area contributed by atoms with Crippen LogP contribution in [0, 0.1) is 0 Å². The molecule has 0 saturated carbocycles. The molecular weight excluding hydrogens is 198 g/mol. The first-order valence-electron chi connectivity index (χ1n) is 5.37. The number of fused-ring (bicyclic) bond motifs is 1. The third-order valence-electron chi connectivity index (χ3n) is 2.64. The van der Waals surface area contributed by atoms with Gasteiger partial charge in [0, 0.05) is 18.1 Å². The van der Waals surface area contributed by atoms with E-state index in [1.54, 1.807) is 6.92 Å². The zero-order chi connectivity index (χ0) is 11.5. The molecule has 0 spiro atoms. The van der Waals surface area contributed by atoms with Gasteiger partial charge in [-0.15, -0.1) is 0 Å². The molecule has 0 radical (unpaired) electrons. The van der Waals surface area contributed by atoms with Crippen LogP contribution >= 0.6 is 0 Å². The summed E-state index contributed by atoms with van der Waals surface area (Å²) in [4.78, 5) is 13.1. The van der Waals surface area contributed by atoms with Gasteiger partial charge in [0.2, 0.25) is 0 Å². The molecule has 2 aromatic carbocycles. The van der Waals surface area contributed by atoms with Gasteiger partial charge in [-0.2, -0.15) is 0 Å². The van der Waals surface area contributed by atoms with Gasteiger partial charge >= 0.3 is 0 Å². The van der Waals surface area contributed by atoms with Gasteiger partial charge in [-0.05, 0) is 18.4 Å². The third-order valence-corrected chi connectivity index (χ3v) is 2.64. The zero-order valence-electron chi connectivity index (χ0n) is 9.60. The number of Topliss-reactive ketones (excluding diaryl/α,β-unsaturated/α-hetero) is 1. The van der Waals surface area contributed by atoms with E-state index in [2.05, 4.69) is 18.2 Å². The molecule has 0 saturated heterocycles. The first-order valence-corrected chi connectivity index (χ1v) is 5.37. The second-order valence-electron chi connectivity index (χ2n) is 4.06. The number of anilines is 1.